The van der Waals surface area contributed by atoms with E-state index in [1.807, 2.05) is 24.9 Å². The first-order chi connectivity index (χ1) is 9.33. The van der Waals surface area contributed by atoms with Crippen molar-refractivity contribution in [1.29, 1.82) is 0 Å². The molecule has 1 aliphatic rings. The molecule has 19 heavy (non-hydrogen) atoms. The van der Waals surface area contributed by atoms with E-state index in [0.29, 0.717) is 6.04 Å². The third-order valence-corrected chi connectivity index (χ3v) is 4.61. The van der Waals surface area contributed by atoms with Gasteiger partial charge in [-0.05, 0) is 42.4 Å². The molecular weight excluding hydrogens is 252 g/mol. The maximum atomic E-state index is 4.34. The summed E-state index contributed by atoms with van der Waals surface area (Å²) in [5.41, 5.74) is 3.77. The zero-order valence-electron chi connectivity index (χ0n) is 11.1. The van der Waals surface area contributed by atoms with Crippen molar-refractivity contribution in [3.05, 3.63) is 59.4 Å². The lowest BCUT2D eigenvalue weighted by Crippen LogP contribution is -2.24. The van der Waals surface area contributed by atoms with Crippen molar-refractivity contribution < 1.29 is 0 Å². The van der Waals surface area contributed by atoms with Crippen LogP contribution in [0.4, 0.5) is 0 Å². The average molecular weight is 270 g/mol. The van der Waals surface area contributed by atoms with Crippen LogP contribution in [0, 0.1) is 6.92 Å². The second kappa shape index (κ2) is 5.76. The fourth-order valence-electron chi connectivity index (χ4n) is 2.40. The Morgan fingerprint density at radius 3 is 3.00 bits per heavy atom. The Morgan fingerprint density at radius 1 is 1.26 bits per heavy atom. The quantitative estimate of drug-likeness (QED) is 0.920. The number of aryl methyl sites for hydroxylation is 1. The number of pyridine rings is 1. The van der Waals surface area contributed by atoms with Crippen molar-refractivity contribution in [3.8, 4) is 0 Å². The summed E-state index contributed by atoms with van der Waals surface area (Å²) in [6.07, 6.45) is 3.16. The number of thioether (sulfide) groups is 1. The van der Waals surface area contributed by atoms with E-state index in [-0.39, 0.29) is 0 Å². The summed E-state index contributed by atoms with van der Waals surface area (Å²) < 4.78 is 0. The number of rotatable bonds is 3. The number of aromatic nitrogens is 1. The minimum Gasteiger partial charge on any atom is -0.306 e. The Hall–Kier alpha value is -1.32. The summed E-state index contributed by atoms with van der Waals surface area (Å²) in [6.45, 7) is 2.91. The highest BCUT2D eigenvalue weighted by Crippen LogP contribution is 2.35. The molecule has 3 heteroatoms. The Bertz CT molecular complexity index is 551. The van der Waals surface area contributed by atoms with E-state index in [1.54, 1.807) is 0 Å². The molecule has 0 fully saturated rings. The molecule has 0 saturated carbocycles. The van der Waals surface area contributed by atoms with E-state index in [2.05, 4.69) is 46.7 Å². The molecule has 2 aromatic rings. The van der Waals surface area contributed by atoms with E-state index in [0.717, 1.165) is 12.2 Å². The molecule has 2 heterocycles. The highest BCUT2D eigenvalue weighted by Gasteiger charge is 2.19. The number of benzene rings is 1. The van der Waals surface area contributed by atoms with Crippen molar-refractivity contribution in [2.75, 3.05) is 5.75 Å². The van der Waals surface area contributed by atoms with Gasteiger partial charge in [-0.3, -0.25) is 4.98 Å². The summed E-state index contributed by atoms with van der Waals surface area (Å²) in [5, 5.41) is 3.66. The fourth-order valence-corrected chi connectivity index (χ4v) is 3.52. The Morgan fingerprint density at radius 2 is 2.16 bits per heavy atom. The van der Waals surface area contributed by atoms with E-state index in [4.69, 9.17) is 0 Å². The molecule has 0 amide bonds. The number of hydrogen-bond acceptors (Lipinski definition) is 3. The van der Waals surface area contributed by atoms with Crippen LogP contribution < -0.4 is 5.32 Å². The minimum absolute atomic E-state index is 0.471. The Kier molecular flexibility index (Phi) is 3.85. The molecule has 1 aromatic heterocycles. The van der Waals surface area contributed by atoms with Crippen molar-refractivity contribution in [1.82, 2.24) is 10.3 Å². The van der Waals surface area contributed by atoms with Crippen LogP contribution in [0.2, 0.25) is 0 Å². The lowest BCUT2D eigenvalue weighted by molar-refractivity contribution is 0.509. The topological polar surface area (TPSA) is 24.9 Å². The second-order valence-corrected chi connectivity index (χ2v) is 6.05. The van der Waals surface area contributed by atoms with Crippen LogP contribution in [-0.2, 0) is 6.54 Å². The number of nitrogens with zero attached hydrogens (tertiary/aromatic N) is 1. The monoisotopic (exact) mass is 270 g/mol. The van der Waals surface area contributed by atoms with Crippen molar-refractivity contribution in [2.45, 2.75) is 30.8 Å². The lowest BCUT2D eigenvalue weighted by Gasteiger charge is -2.26. The highest BCUT2D eigenvalue weighted by molar-refractivity contribution is 7.99. The zero-order valence-corrected chi connectivity index (χ0v) is 11.9. The molecule has 1 aromatic carbocycles. The third-order valence-electron chi connectivity index (χ3n) is 3.48. The molecule has 0 bridgehead atoms. The molecule has 1 N–H and O–H groups in total. The third kappa shape index (κ3) is 2.99. The molecule has 0 spiro atoms. The molecule has 1 atom stereocenters. The van der Waals surface area contributed by atoms with E-state index in [9.17, 15) is 0 Å². The second-order valence-electron chi connectivity index (χ2n) is 4.92. The molecule has 98 valence electrons. The average Bonchev–Trinajstić information content (AvgIpc) is 2.47. The largest absolute Gasteiger partial charge is 0.306 e. The predicted molar refractivity (Wildman–Crippen MR) is 80.3 cm³/mol. The van der Waals surface area contributed by atoms with Gasteiger partial charge in [0.15, 0.2) is 0 Å². The zero-order chi connectivity index (χ0) is 13.1. The van der Waals surface area contributed by atoms with Gasteiger partial charge in [0, 0.05) is 29.4 Å². The minimum atomic E-state index is 0.471. The van der Waals surface area contributed by atoms with Gasteiger partial charge < -0.3 is 5.32 Å². The number of fused-ring (bicyclic) bond motifs is 1. The maximum absolute atomic E-state index is 4.34. The van der Waals surface area contributed by atoms with Crippen molar-refractivity contribution >= 4 is 11.8 Å². The first-order valence-electron chi connectivity index (χ1n) is 6.69. The standard InChI is InChI=1S/C16H18N2S/c1-12-6-7-13(10-17-12)11-18-15-8-9-19-16-5-3-2-4-14(15)16/h2-7,10,15,18H,8-9,11H2,1H3. The first-order valence-corrected chi connectivity index (χ1v) is 7.68. The number of nitrogens with one attached hydrogen (secondary N) is 1. The smallest absolute Gasteiger partial charge is 0.0372 e. The fraction of sp³-hybridized carbons (Fsp3) is 0.312. The van der Waals surface area contributed by atoms with Gasteiger partial charge in [-0.15, -0.1) is 11.8 Å². The van der Waals surface area contributed by atoms with Gasteiger partial charge >= 0.3 is 0 Å². The highest BCUT2D eigenvalue weighted by atomic mass is 32.2. The van der Waals surface area contributed by atoms with Crippen LogP contribution in [0.15, 0.2) is 47.5 Å². The van der Waals surface area contributed by atoms with Gasteiger partial charge in [-0.1, -0.05) is 24.3 Å². The van der Waals surface area contributed by atoms with Crippen LogP contribution in [0.3, 0.4) is 0 Å². The van der Waals surface area contributed by atoms with Crippen LogP contribution in [-0.4, -0.2) is 10.7 Å². The summed E-state index contributed by atoms with van der Waals surface area (Å²) in [4.78, 5) is 5.77. The van der Waals surface area contributed by atoms with Gasteiger partial charge in [-0.2, -0.15) is 0 Å². The molecule has 3 rings (SSSR count). The van der Waals surface area contributed by atoms with Gasteiger partial charge in [0.05, 0.1) is 0 Å². The summed E-state index contributed by atoms with van der Waals surface area (Å²) in [6, 6.07) is 13.4. The van der Waals surface area contributed by atoms with Crippen LogP contribution in [0.1, 0.15) is 29.3 Å². The molecule has 1 aliphatic heterocycles. The van der Waals surface area contributed by atoms with Crippen LogP contribution in [0.25, 0.3) is 0 Å². The van der Waals surface area contributed by atoms with Gasteiger partial charge in [0.25, 0.3) is 0 Å². The summed E-state index contributed by atoms with van der Waals surface area (Å²) >= 11 is 1.96. The lowest BCUT2D eigenvalue weighted by atomic mass is 10.0. The maximum Gasteiger partial charge on any atom is 0.0372 e. The molecule has 0 aliphatic carbocycles. The SMILES string of the molecule is Cc1ccc(CNC2CCSc3ccccc32)cn1. The first kappa shape index (κ1) is 12.7. The van der Waals surface area contributed by atoms with E-state index < -0.39 is 0 Å². The molecule has 1 unspecified atom stereocenters. The van der Waals surface area contributed by atoms with Crippen molar-refractivity contribution in [3.63, 3.8) is 0 Å². The summed E-state index contributed by atoms with van der Waals surface area (Å²) in [7, 11) is 0. The molecule has 0 radical (unpaired) electrons. The van der Waals surface area contributed by atoms with Crippen LogP contribution >= 0.6 is 11.8 Å². The van der Waals surface area contributed by atoms with Crippen LogP contribution in [0.5, 0.6) is 0 Å². The Labute approximate surface area is 118 Å². The van der Waals surface area contributed by atoms with E-state index >= 15 is 0 Å². The molecule has 2 nitrogen and oxygen atoms in total. The molecule has 0 saturated heterocycles. The van der Waals surface area contributed by atoms with Gasteiger partial charge in [0.2, 0.25) is 0 Å². The van der Waals surface area contributed by atoms with Gasteiger partial charge in [-0.25, -0.2) is 0 Å². The Balaban J connectivity index is 1.69. The number of hydrogen-bond donors (Lipinski definition) is 1. The molecular formula is C16H18N2S. The van der Waals surface area contributed by atoms with Crippen molar-refractivity contribution in [2.24, 2.45) is 0 Å². The van der Waals surface area contributed by atoms with E-state index in [1.165, 1.54) is 28.2 Å². The van der Waals surface area contributed by atoms with Gasteiger partial charge in [0.1, 0.15) is 0 Å². The normalized spacial score (nSPS) is 18.1. The predicted octanol–water partition coefficient (Wildman–Crippen LogP) is 3.72. The summed E-state index contributed by atoms with van der Waals surface area (Å²) in [5.74, 6) is 1.20.